The predicted octanol–water partition coefficient (Wildman–Crippen LogP) is 5.35. The fourth-order valence-corrected chi connectivity index (χ4v) is 7.45. The summed E-state index contributed by atoms with van der Waals surface area (Å²) in [6.45, 7) is 5.39. The van der Waals surface area contributed by atoms with Crippen LogP contribution in [-0.2, 0) is 27.1 Å². The van der Waals surface area contributed by atoms with Crippen LogP contribution in [0.2, 0.25) is 0 Å². The number of hydrogen-bond donors (Lipinski definition) is 0. The molecule has 1 saturated heterocycles. The third-order valence-electron chi connectivity index (χ3n) is 6.81. The Bertz CT molecular complexity index is 1400. The number of nitrogens with zero attached hydrogens (tertiary/aromatic N) is 4. The van der Waals surface area contributed by atoms with Crippen molar-refractivity contribution in [2.75, 3.05) is 37.8 Å². The second kappa shape index (κ2) is 10.3. The van der Waals surface area contributed by atoms with Gasteiger partial charge in [0.15, 0.2) is 0 Å². The molecule has 0 spiro atoms. The molecule has 0 radical (unpaired) electrons. The number of ether oxygens (including phenoxy) is 2. The van der Waals surface area contributed by atoms with E-state index in [9.17, 15) is 4.79 Å². The summed E-state index contributed by atoms with van der Waals surface area (Å²) in [5.74, 6) is 0.856. The first-order valence-electron chi connectivity index (χ1n) is 12.5. The van der Waals surface area contributed by atoms with Crippen molar-refractivity contribution in [3.05, 3.63) is 53.3 Å². The number of thioether (sulfide) groups is 1. The van der Waals surface area contributed by atoms with Gasteiger partial charge in [-0.15, -0.1) is 11.3 Å². The quantitative estimate of drug-likeness (QED) is 0.191. The van der Waals surface area contributed by atoms with Crippen molar-refractivity contribution in [2.24, 2.45) is 0 Å². The zero-order chi connectivity index (χ0) is 24.5. The van der Waals surface area contributed by atoms with E-state index < -0.39 is 5.25 Å². The predicted molar refractivity (Wildman–Crippen MR) is 144 cm³/mol. The van der Waals surface area contributed by atoms with Crippen LogP contribution in [0.15, 0.2) is 41.7 Å². The summed E-state index contributed by atoms with van der Waals surface area (Å²) in [5.41, 5.74) is 4.61. The smallest absolute Gasteiger partial charge is 0.324 e. The molecule has 0 amide bonds. The molecule has 186 valence electrons. The Morgan fingerprint density at radius 1 is 1.14 bits per heavy atom. The van der Waals surface area contributed by atoms with Gasteiger partial charge in [0.05, 0.1) is 30.0 Å². The highest BCUT2D eigenvalue weighted by atomic mass is 32.2. The molecule has 0 bridgehead atoms. The number of rotatable bonds is 6. The molecule has 0 saturated carbocycles. The minimum absolute atomic E-state index is 0.258. The highest BCUT2D eigenvalue weighted by molar-refractivity contribution is 8.00. The molecule has 0 unspecified atom stereocenters. The van der Waals surface area contributed by atoms with Crippen LogP contribution in [0.4, 0.5) is 5.82 Å². The van der Waals surface area contributed by atoms with Gasteiger partial charge in [-0.3, -0.25) is 4.79 Å². The molecule has 7 nitrogen and oxygen atoms in total. The third-order valence-corrected chi connectivity index (χ3v) is 9.25. The van der Waals surface area contributed by atoms with Gasteiger partial charge in [0.2, 0.25) is 0 Å². The summed E-state index contributed by atoms with van der Waals surface area (Å²) in [4.78, 5) is 30.9. The van der Waals surface area contributed by atoms with Crippen LogP contribution < -0.4 is 4.90 Å². The molecule has 1 fully saturated rings. The van der Waals surface area contributed by atoms with Crippen LogP contribution in [0.5, 0.6) is 0 Å². The summed E-state index contributed by atoms with van der Waals surface area (Å²) >= 11 is 3.07. The molecule has 0 N–H and O–H groups in total. The second-order valence-corrected chi connectivity index (χ2v) is 11.1. The molecule has 36 heavy (non-hydrogen) atoms. The average molecular weight is 521 g/mol. The fraction of sp³-hybridized carbons (Fsp3) is 0.407. The Kier molecular flexibility index (Phi) is 6.77. The molecule has 1 aliphatic carbocycles. The van der Waals surface area contributed by atoms with E-state index in [2.05, 4.69) is 9.88 Å². The average Bonchev–Trinajstić information content (AvgIpc) is 3.32. The van der Waals surface area contributed by atoms with Crippen molar-refractivity contribution in [3.8, 4) is 0 Å². The number of esters is 1. The lowest BCUT2D eigenvalue weighted by atomic mass is 9.90. The Morgan fingerprint density at radius 2 is 1.92 bits per heavy atom. The zero-order valence-electron chi connectivity index (χ0n) is 20.2. The van der Waals surface area contributed by atoms with Crippen LogP contribution in [0.1, 0.15) is 41.7 Å². The number of aryl methyl sites for hydroxylation is 1. The minimum atomic E-state index is -0.500. The van der Waals surface area contributed by atoms with Crippen LogP contribution in [0.25, 0.3) is 20.4 Å². The van der Waals surface area contributed by atoms with E-state index >= 15 is 0 Å². The van der Waals surface area contributed by atoms with Crippen molar-refractivity contribution in [1.29, 1.82) is 0 Å². The van der Waals surface area contributed by atoms with Crippen molar-refractivity contribution >= 4 is 55.3 Å². The van der Waals surface area contributed by atoms with E-state index in [1.807, 2.05) is 37.3 Å². The van der Waals surface area contributed by atoms with E-state index in [4.69, 9.17) is 19.4 Å². The Labute approximate surface area is 218 Å². The summed E-state index contributed by atoms with van der Waals surface area (Å²) in [7, 11) is 0. The summed E-state index contributed by atoms with van der Waals surface area (Å²) in [5, 5.41) is 1.46. The second-order valence-electron chi connectivity index (χ2n) is 9.00. The number of morpholine rings is 1. The molecule has 4 aromatic rings. The van der Waals surface area contributed by atoms with E-state index in [-0.39, 0.29) is 5.97 Å². The van der Waals surface area contributed by atoms with Gasteiger partial charge in [0.25, 0.3) is 0 Å². The first kappa shape index (κ1) is 23.6. The van der Waals surface area contributed by atoms with Crippen LogP contribution in [0, 0.1) is 0 Å². The largest absolute Gasteiger partial charge is 0.465 e. The normalized spacial score (nSPS) is 16.8. The molecule has 9 heteroatoms. The van der Waals surface area contributed by atoms with Gasteiger partial charge < -0.3 is 14.4 Å². The van der Waals surface area contributed by atoms with Gasteiger partial charge in [-0.05, 0) is 49.3 Å². The van der Waals surface area contributed by atoms with Gasteiger partial charge in [-0.1, -0.05) is 42.1 Å². The molecule has 1 aliphatic heterocycles. The molecule has 1 aromatic carbocycles. The summed E-state index contributed by atoms with van der Waals surface area (Å²) in [6, 6.07) is 9.77. The van der Waals surface area contributed by atoms with Crippen molar-refractivity contribution in [1.82, 2.24) is 15.0 Å². The fourth-order valence-electron chi connectivity index (χ4n) is 5.15. The molecule has 2 aliphatic rings. The number of fused-ring (bicyclic) bond motifs is 5. The number of aromatic nitrogens is 3. The number of pyridine rings is 1. The van der Waals surface area contributed by atoms with E-state index in [1.54, 1.807) is 17.7 Å². The topological polar surface area (TPSA) is 77.4 Å². The monoisotopic (exact) mass is 520 g/mol. The maximum absolute atomic E-state index is 13.0. The molecule has 4 heterocycles. The Balaban J connectivity index is 1.48. The van der Waals surface area contributed by atoms with Gasteiger partial charge in [0.1, 0.15) is 27.3 Å². The molecule has 6 rings (SSSR count). The number of carbonyl (C=O) groups is 1. The zero-order valence-corrected chi connectivity index (χ0v) is 21.9. The maximum Gasteiger partial charge on any atom is 0.324 e. The van der Waals surface area contributed by atoms with Crippen molar-refractivity contribution < 1.29 is 14.3 Å². The van der Waals surface area contributed by atoms with E-state index in [0.717, 1.165) is 70.6 Å². The summed E-state index contributed by atoms with van der Waals surface area (Å²) in [6.07, 6.45) is 6.08. The van der Waals surface area contributed by atoms with E-state index in [0.29, 0.717) is 6.61 Å². The SMILES string of the molecule is CCOC(=O)[C@H](Sc1ncnc2c1sc1nc(N3CCOCC3)c3c(c12)CCCC3)c1ccccc1. The first-order valence-corrected chi connectivity index (χ1v) is 14.2. The van der Waals surface area contributed by atoms with Gasteiger partial charge in [0, 0.05) is 18.5 Å². The van der Waals surface area contributed by atoms with Crippen LogP contribution in [-0.4, -0.2) is 53.8 Å². The van der Waals surface area contributed by atoms with Crippen molar-refractivity contribution in [3.63, 3.8) is 0 Å². The standard InChI is InChI=1S/C27H28N4O3S2/c1-2-34-27(32)22(17-8-4-3-5-9-17)35-26-23-21(28-16-29-26)20-18-10-6-7-11-19(18)24(30-25(20)36-23)31-12-14-33-15-13-31/h3-5,8-9,16,22H,2,6-7,10-15H2,1H3/t22-/m1/s1. The third kappa shape index (κ3) is 4.33. The lowest BCUT2D eigenvalue weighted by Gasteiger charge is -2.31. The van der Waals surface area contributed by atoms with Crippen LogP contribution >= 0.6 is 23.1 Å². The number of carbonyl (C=O) groups excluding carboxylic acids is 1. The first-order chi connectivity index (χ1) is 17.7. The molecular weight excluding hydrogens is 492 g/mol. The number of anilines is 1. The van der Waals surface area contributed by atoms with Crippen LogP contribution in [0.3, 0.4) is 0 Å². The highest BCUT2D eigenvalue weighted by Gasteiger charge is 2.29. The Hall–Kier alpha value is -2.75. The number of thiophene rings is 1. The lowest BCUT2D eigenvalue weighted by Crippen LogP contribution is -2.37. The molecule has 1 atom stereocenters. The molecular formula is C27H28N4O3S2. The van der Waals surface area contributed by atoms with Gasteiger partial charge in [-0.25, -0.2) is 15.0 Å². The van der Waals surface area contributed by atoms with Gasteiger partial charge >= 0.3 is 5.97 Å². The van der Waals surface area contributed by atoms with Gasteiger partial charge in [-0.2, -0.15) is 0 Å². The molecule has 3 aromatic heterocycles. The summed E-state index contributed by atoms with van der Waals surface area (Å²) < 4.78 is 12.0. The number of benzene rings is 1. The highest BCUT2D eigenvalue weighted by Crippen LogP contribution is 2.45. The maximum atomic E-state index is 13.0. The lowest BCUT2D eigenvalue weighted by molar-refractivity contribution is -0.142. The minimum Gasteiger partial charge on any atom is -0.465 e. The Morgan fingerprint density at radius 3 is 2.69 bits per heavy atom. The number of hydrogen-bond acceptors (Lipinski definition) is 9. The van der Waals surface area contributed by atoms with Crippen molar-refractivity contribution in [2.45, 2.75) is 42.9 Å². The van der Waals surface area contributed by atoms with E-state index in [1.165, 1.54) is 41.1 Å².